The fraction of sp³-hybridized carbons (Fsp3) is 0.375. The Morgan fingerprint density at radius 1 is 1.05 bits per heavy atom. The minimum atomic E-state index is 0.785. The number of hydrogen-bond acceptors (Lipinski definition) is 3. The van der Waals surface area contributed by atoms with Crippen molar-refractivity contribution in [3.05, 3.63) is 39.5 Å². The van der Waals surface area contributed by atoms with Gasteiger partial charge in [-0.05, 0) is 55.3 Å². The van der Waals surface area contributed by atoms with Crippen LogP contribution in [0, 0.1) is 13.8 Å². The van der Waals surface area contributed by atoms with Crippen molar-refractivity contribution >= 4 is 21.7 Å². The van der Waals surface area contributed by atoms with Crippen LogP contribution in [-0.4, -0.2) is 16.5 Å². The molecule has 0 aliphatic carbocycles. The molecular formula is C16H20BrN3. The van der Waals surface area contributed by atoms with Gasteiger partial charge in [0.1, 0.15) is 5.82 Å². The van der Waals surface area contributed by atoms with Crippen LogP contribution in [0.25, 0.3) is 11.4 Å². The molecule has 0 fully saturated rings. The normalized spacial score (nSPS) is 10.7. The molecule has 1 aromatic carbocycles. The van der Waals surface area contributed by atoms with Crippen LogP contribution in [-0.2, 0) is 6.42 Å². The molecule has 1 N–H and O–H groups in total. The zero-order chi connectivity index (χ0) is 14.7. The number of aromatic nitrogens is 2. The molecule has 2 aromatic rings. The van der Waals surface area contributed by atoms with E-state index in [-0.39, 0.29) is 0 Å². The summed E-state index contributed by atoms with van der Waals surface area (Å²) in [7, 11) is 0. The Kier molecular flexibility index (Phi) is 4.76. The summed E-state index contributed by atoms with van der Waals surface area (Å²) < 4.78 is 0.968. The van der Waals surface area contributed by atoms with Gasteiger partial charge in [0.05, 0.1) is 10.2 Å². The molecule has 0 aliphatic rings. The molecule has 0 amide bonds. The Balaban J connectivity index is 2.58. The van der Waals surface area contributed by atoms with Crippen LogP contribution in [0.5, 0.6) is 0 Å². The topological polar surface area (TPSA) is 37.8 Å². The summed E-state index contributed by atoms with van der Waals surface area (Å²) in [5.41, 5.74) is 4.57. The molecule has 0 atom stereocenters. The molecule has 0 radical (unpaired) electrons. The van der Waals surface area contributed by atoms with Crippen molar-refractivity contribution < 1.29 is 0 Å². The highest BCUT2D eigenvalue weighted by Crippen LogP contribution is 2.28. The number of hydrogen-bond donors (Lipinski definition) is 1. The number of nitrogens with zero attached hydrogens (tertiary/aromatic N) is 2. The first kappa shape index (κ1) is 15.0. The summed E-state index contributed by atoms with van der Waals surface area (Å²) >= 11 is 3.59. The highest BCUT2D eigenvalue weighted by Gasteiger charge is 2.12. The highest BCUT2D eigenvalue weighted by molar-refractivity contribution is 9.10. The monoisotopic (exact) mass is 333 g/mol. The lowest BCUT2D eigenvalue weighted by Gasteiger charge is -2.12. The maximum Gasteiger partial charge on any atom is 0.161 e. The van der Waals surface area contributed by atoms with E-state index in [0.717, 1.165) is 40.3 Å². The van der Waals surface area contributed by atoms with Crippen molar-refractivity contribution in [1.82, 2.24) is 9.97 Å². The van der Waals surface area contributed by atoms with Crippen molar-refractivity contribution in [3.8, 4) is 11.4 Å². The van der Waals surface area contributed by atoms with Crippen LogP contribution >= 0.6 is 15.9 Å². The summed E-state index contributed by atoms with van der Waals surface area (Å²) in [5, 5.41) is 3.29. The Morgan fingerprint density at radius 2 is 1.70 bits per heavy atom. The third kappa shape index (κ3) is 3.18. The fourth-order valence-corrected chi connectivity index (χ4v) is 2.84. The van der Waals surface area contributed by atoms with Crippen LogP contribution < -0.4 is 5.32 Å². The minimum Gasteiger partial charge on any atom is -0.369 e. The molecule has 0 bridgehead atoms. The van der Waals surface area contributed by atoms with Crippen molar-refractivity contribution in [2.45, 2.75) is 34.1 Å². The van der Waals surface area contributed by atoms with E-state index >= 15 is 0 Å². The summed E-state index contributed by atoms with van der Waals surface area (Å²) in [6.45, 7) is 9.21. The van der Waals surface area contributed by atoms with Crippen LogP contribution in [0.2, 0.25) is 0 Å². The van der Waals surface area contributed by atoms with Gasteiger partial charge >= 0.3 is 0 Å². The number of anilines is 1. The van der Waals surface area contributed by atoms with Gasteiger partial charge in [0, 0.05) is 12.1 Å². The highest BCUT2D eigenvalue weighted by atomic mass is 79.9. The van der Waals surface area contributed by atoms with Crippen LogP contribution in [0.4, 0.5) is 5.82 Å². The van der Waals surface area contributed by atoms with Gasteiger partial charge in [-0.2, -0.15) is 0 Å². The lowest BCUT2D eigenvalue weighted by atomic mass is 10.1. The number of nitrogens with one attached hydrogen (secondary N) is 1. The molecular weight excluding hydrogens is 314 g/mol. The van der Waals surface area contributed by atoms with E-state index in [4.69, 9.17) is 0 Å². The van der Waals surface area contributed by atoms with Crippen molar-refractivity contribution in [2.75, 3.05) is 11.9 Å². The lowest BCUT2D eigenvalue weighted by Crippen LogP contribution is -2.06. The van der Waals surface area contributed by atoms with Gasteiger partial charge in [-0.15, -0.1) is 0 Å². The van der Waals surface area contributed by atoms with E-state index in [9.17, 15) is 0 Å². The van der Waals surface area contributed by atoms with E-state index in [1.165, 1.54) is 11.1 Å². The van der Waals surface area contributed by atoms with Gasteiger partial charge in [0.2, 0.25) is 0 Å². The van der Waals surface area contributed by atoms with Gasteiger partial charge in [-0.1, -0.05) is 24.1 Å². The molecule has 2 rings (SSSR count). The molecule has 1 aromatic heterocycles. The molecule has 0 unspecified atom stereocenters. The average molecular weight is 334 g/mol. The standard InChI is InChI=1S/C16H20BrN3/c1-5-13-14(17)16(18-6-2)20-15(19-13)12-8-10(3)7-11(4)9-12/h7-9H,5-6H2,1-4H3,(H,18,19,20). The lowest BCUT2D eigenvalue weighted by molar-refractivity contribution is 0.983. The summed E-state index contributed by atoms with van der Waals surface area (Å²) in [6.07, 6.45) is 0.874. The van der Waals surface area contributed by atoms with E-state index < -0.39 is 0 Å². The quantitative estimate of drug-likeness (QED) is 0.893. The van der Waals surface area contributed by atoms with Gasteiger partial charge < -0.3 is 5.32 Å². The SMILES string of the molecule is CCNc1nc(-c2cc(C)cc(C)c2)nc(CC)c1Br. The molecule has 0 aliphatic heterocycles. The van der Waals surface area contributed by atoms with Crippen LogP contribution in [0.15, 0.2) is 22.7 Å². The molecule has 106 valence electrons. The van der Waals surface area contributed by atoms with E-state index in [0.29, 0.717) is 0 Å². The first-order chi connectivity index (χ1) is 9.55. The molecule has 1 heterocycles. The molecule has 0 saturated heterocycles. The van der Waals surface area contributed by atoms with Gasteiger partial charge in [-0.3, -0.25) is 0 Å². The largest absolute Gasteiger partial charge is 0.369 e. The predicted molar refractivity (Wildman–Crippen MR) is 88.2 cm³/mol. The third-order valence-electron chi connectivity index (χ3n) is 3.08. The Bertz CT molecular complexity index is 603. The molecule has 0 saturated carbocycles. The average Bonchev–Trinajstić information content (AvgIpc) is 2.40. The van der Waals surface area contributed by atoms with Crippen LogP contribution in [0.1, 0.15) is 30.7 Å². The number of halogens is 1. The van der Waals surface area contributed by atoms with Crippen LogP contribution in [0.3, 0.4) is 0 Å². The molecule has 3 nitrogen and oxygen atoms in total. The fourth-order valence-electron chi connectivity index (χ4n) is 2.25. The zero-order valence-corrected chi connectivity index (χ0v) is 14.0. The first-order valence-electron chi connectivity index (χ1n) is 6.94. The van der Waals surface area contributed by atoms with E-state index in [1.54, 1.807) is 0 Å². The smallest absolute Gasteiger partial charge is 0.161 e. The molecule has 0 spiro atoms. The maximum absolute atomic E-state index is 4.69. The summed E-state index contributed by atoms with van der Waals surface area (Å²) in [5.74, 6) is 1.65. The number of rotatable bonds is 4. The molecule has 4 heteroatoms. The first-order valence-corrected chi connectivity index (χ1v) is 7.73. The van der Waals surface area contributed by atoms with E-state index in [2.05, 4.69) is 77.1 Å². The predicted octanol–water partition coefficient (Wildman–Crippen LogP) is 4.52. The Morgan fingerprint density at radius 3 is 2.25 bits per heavy atom. The van der Waals surface area contributed by atoms with E-state index in [1.807, 2.05) is 0 Å². The van der Waals surface area contributed by atoms with Crippen molar-refractivity contribution in [3.63, 3.8) is 0 Å². The summed E-state index contributed by atoms with van der Waals surface area (Å²) in [6, 6.07) is 6.42. The van der Waals surface area contributed by atoms with Gasteiger partial charge in [0.25, 0.3) is 0 Å². The number of aryl methyl sites for hydroxylation is 3. The van der Waals surface area contributed by atoms with Crippen molar-refractivity contribution in [2.24, 2.45) is 0 Å². The van der Waals surface area contributed by atoms with Gasteiger partial charge in [-0.25, -0.2) is 9.97 Å². The van der Waals surface area contributed by atoms with Gasteiger partial charge in [0.15, 0.2) is 5.82 Å². The second kappa shape index (κ2) is 6.35. The zero-order valence-electron chi connectivity index (χ0n) is 12.4. The minimum absolute atomic E-state index is 0.785. The Labute approximate surface area is 129 Å². The number of benzene rings is 1. The second-order valence-electron chi connectivity index (χ2n) is 4.92. The third-order valence-corrected chi connectivity index (χ3v) is 3.91. The Hall–Kier alpha value is -1.42. The second-order valence-corrected chi connectivity index (χ2v) is 5.71. The maximum atomic E-state index is 4.69. The molecule has 20 heavy (non-hydrogen) atoms. The summed E-state index contributed by atoms with van der Waals surface area (Å²) in [4.78, 5) is 9.34. The van der Waals surface area contributed by atoms with Crippen molar-refractivity contribution in [1.29, 1.82) is 0 Å².